The Morgan fingerprint density at radius 2 is 2.12 bits per heavy atom. The quantitative estimate of drug-likeness (QED) is 0.926. The molecule has 2 unspecified atom stereocenters. The molecule has 2 atom stereocenters. The van der Waals surface area contributed by atoms with E-state index in [1.807, 2.05) is 18.2 Å². The number of amides is 1. The molecule has 2 aliphatic rings. The van der Waals surface area contributed by atoms with Gasteiger partial charge in [-0.2, -0.15) is 5.10 Å². The summed E-state index contributed by atoms with van der Waals surface area (Å²) in [6.07, 6.45) is 4.58. The number of H-pyrrole nitrogens is 1. The van der Waals surface area contributed by atoms with E-state index in [1.165, 1.54) is 12.8 Å². The average Bonchev–Trinajstić information content (AvgIpc) is 3.03. The molecule has 4 rings (SSSR count). The first-order valence-electron chi connectivity index (χ1n) is 9.28. The number of hydrogen-bond acceptors (Lipinski definition) is 4. The number of carbonyl (C=O) groups is 1. The molecule has 0 saturated carbocycles. The van der Waals surface area contributed by atoms with Gasteiger partial charge in [0.25, 0.3) is 5.91 Å². The summed E-state index contributed by atoms with van der Waals surface area (Å²) in [6.45, 7) is 5.33. The van der Waals surface area contributed by atoms with Crippen molar-refractivity contribution in [3.63, 3.8) is 0 Å². The molecule has 1 amide bonds. The number of methoxy groups -OCH3 is 1. The molecule has 2 fully saturated rings. The van der Waals surface area contributed by atoms with Gasteiger partial charge in [0.2, 0.25) is 0 Å². The lowest BCUT2D eigenvalue weighted by Gasteiger charge is -2.50. The number of likely N-dealkylation sites (tertiary alicyclic amines) is 1. The van der Waals surface area contributed by atoms with Crippen molar-refractivity contribution in [3.05, 3.63) is 23.9 Å². The van der Waals surface area contributed by atoms with Gasteiger partial charge in [-0.1, -0.05) is 6.92 Å². The lowest BCUT2D eigenvalue weighted by atomic mass is 9.90. The highest BCUT2D eigenvalue weighted by Crippen LogP contribution is 2.31. The second-order valence-corrected chi connectivity index (χ2v) is 7.19. The number of nitrogens with zero attached hydrogens (tertiary/aromatic N) is 3. The molecule has 6 nitrogen and oxygen atoms in total. The van der Waals surface area contributed by atoms with Crippen LogP contribution in [0.3, 0.4) is 0 Å². The van der Waals surface area contributed by atoms with Crippen LogP contribution < -0.4 is 4.74 Å². The number of hydrogen-bond donors (Lipinski definition) is 1. The zero-order valence-electron chi connectivity index (χ0n) is 15.0. The van der Waals surface area contributed by atoms with Crippen molar-refractivity contribution < 1.29 is 11.0 Å². The largest absolute Gasteiger partial charge is 0.497 e. The minimum atomic E-state index is 0. The van der Waals surface area contributed by atoms with Crippen LogP contribution in [0.1, 0.15) is 44.5 Å². The molecular weight excluding hydrogens is 316 g/mol. The maximum absolute atomic E-state index is 13.3. The molecule has 3 heterocycles. The molecule has 2 aliphatic heterocycles. The maximum atomic E-state index is 13.3. The molecular formula is C19H28N4O2. The molecule has 1 N–H and O–H groups in total. The molecule has 2 saturated heterocycles. The summed E-state index contributed by atoms with van der Waals surface area (Å²) in [7, 11) is 1.64. The molecule has 6 heteroatoms. The molecule has 2 bridgehead atoms. The second kappa shape index (κ2) is 6.67. The number of nitrogens with one attached hydrogen (secondary N) is 1. The maximum Gasteiger partial charge on any atom is 0.275 e. The van der Waals surface area contributed by atoms with Gasteiger partial charge in [0.05, 0.1) is 12.6 Å². The van der Waals surface area contributed by atoms with Crippen LogP contribution in [0, 0.1) is 0 Å². The third-order valence-electron chi connectivity index (χ3n) is 5.55. The SMILES string of the molecule is CCCN1CC2CCCC(C1)N2C(=O)c1n[nH]c2cc(OC)ccc12.[HH]. The Balaban J connectivity index is 0.00000196. The average molecular weight is 344 g/mol. The molecule has 0 radical (unpaired) electrons. The normalized spacial score (nSPS) is 23.8. The van der Waals surface area contributed by atoms with Crippen molar-refractivity contribution in [2.75, 3.05) is 26.7 Å². The molecule has 0 spiro atoms. The zero-order valence-corrected chi connectivity index (χ0v) is 15.0. The monoisotopic (exact) mass is 344 g/mol. The van der Waals surface area contributed by atoms with Gasteiger partial charge in [0.15, 0.2) is 5.69 Å². The van der Waals surface area contributed by atoms with Crippen LogP contribution in [0.2, 0.25) is 0 Å². The van der Waals surface area contributed by atoms with Gasteiger partial charge in [-0.05, 0) is 44.4 Å². The minimum Gasteiger partial charge on any atom is -0.497 e. The number of benzene rings is 1. The molecule has 2 aromatic rings. The van der Waals surface area contributed by atoms with Crippen molar-refractivity contribution in [2.45, 2.75) is 44.7 Å². The Bertz CT molecular complexity index is 764. The number of rotatable bonds is 4. The van der Waals surface area contributed by atoms with E-state index in [-0.39, 0.29) is 7.33 Å². The van der Waals surface area contributed by atoms with Gasteiger partial charge < -0.3 is 9.64 Å². The highest BCUT2D eigenvalue weighted by Gasteiger charge is 2.41. The van der Waals surface area contributed by atoms with E-state index in [1.54, 1.807) is 7.11 Å². The standard InChI is InChI=1S/C19H26N4O2.H2/c1-3-9-22-11-13-5-4-6-14(12-22)23(13)19(24)18-16-8-7-15(25-2)10-17(16)20-21-18;/h7-8,10,13-14H,3-6,9,11-12H2,1-2H3,(H,20,21);1H. The van der Waals surface area contributed by atoms with Gasteiger partial charge in [-0.25, -0.2) is 0 Å². The summed E-state index contributed by atoms with van der Waals surface area (Å²) in [6, 6.07) is 6.33. The van der Waals surface area contributed by atoms with Crippen LogP contribution in [0.5, 0.6) is 5.75 Å². The molecule has 0 aliphatic carbocycles. The van der Waals surface area contributed by atoms with Crippen LogP contribution in [0.15, 0.2) is 18.2 Å². The summed E-state index contributed by atoms with van der Waals surface area (Å²) < 4.78 is 5.26. The van der Waals surface area contributed by atoms with E-state index in [4.69, 9.17) is 4.74 Å². The number of piperazine rings is 1. The highest BCUT2D eigenvalue weighted by atomic mass is 16.5. The molecule has 1 aromatic carbocycles. The van der Waals surface area contributed by atoms with Gasteiger partial charge in [0, 0.05) is 38.1 Å². The Labute approximate surface area is 149 Å². The van der Waals surface area contributed by atoms with Crippen LogP contribution in [0.25, 0.3) is 10.9 Å². The van der Waals surface area contributed by atoms with Crippen molar-refractivity contribution in [1.82, 2.24) is 20.0 Å². The van der Waals surface area contributed by atoms with Crippen LogP contribution in [-0.4, -0.2) is 64.7 Å². The van der Waals surface area contributed by atoms with Crippen LogP contribution in [0.4, 0.5) is 0 Å². The van der Waals surface area contributed by atoms with Crippen LogP contribution >= 0.6 is 0 Å². The third-order valence-corrected chi connectivity index (χ3v) is 5.55. The summed E-state index contributed by atoms with van der Waals surface area (Å²) in [5, 5.41) is 8.21. The predicted molar refractivity (Wildman–Crippen MR) is 99.1 cm³/mol. The Morgan fingerprint density at radius 3 is 2.80 bits per heavy atom. The van der Waals surface area contributed by atoms with Crippen LogP contribution in [-0.2, 0) is 0 Å². The van der Waals surface area contributed by atoms with E-state index in [0.29, 0.717) is 17.8 Å². The fourth-order valence-electron chi connectivity index (χ4n) is 4.44. The molecule has 25 heavy (non-hydrogen) atoms. The molecule has 136 valence electrons. The van der Waals surface area contributed by atoms with E-state index in [9.17, 15) is 4.79 Å². The second-order valence-electron chi connectivity index (χ2n) is 7.19. The fourth-order valence-corrected chi connectivity index (χ4v) is 4.44. The fraction of sp³-hybridized carbons (Fsp3) is 0.579. The lowest BCUT2D eigenvalue weighted by Crippen LogP contribution is -2.62. The number of aromatic amines is 1. The van der Waals surface area contributed by atoms with Crippen molar-refractivity contribution >= 4 is 16.8 Å². The van der Waals surface area contributed by atoms with Crippen molar-refractivity contribution in [2.24, 2.45) is 0 Å². The van der Waals surface area contributed by atoms with E-state index < -0.39 is 0 Å². The Hall–Kier alpha value is -2.08. The number of fused-ring (bicyclic) bond motifs is 3. The van der Waals surface area contributed by atoms with Crippen molar-refractivity contribution in [3.8, 4) is 5.75 Å². The number of ether oxygens (including phenoxy) is 1. The number of carbonyl (C=O) groups excluding carboxylic acids is 1. The summed E-state index contributed by atoms with van der Waals surface area (Å²) in [4.78, 5) is 17.9. The summed E-state index contributed by atoms with van der Waals surface area (Å²) >= 11 is 0. The first-order valence-corrected chi connectivity index (χ1v) is 9.28. The van der Waals surface area contributed by atoms with E-state index in [0.717, 1.165) is 49.1 Å². The van der Waals surface area contributed by atoms with E-state index >= 15 is 0 Å². The summed E-state index contributed by atoms with van der Waals surface area (Å²) in [5.41, 5.74) is 1.39. The topological polar surface area (TPSA) is 61.5 Å². The number of aromatic nitrogens is 2. The lowest BCUT2D eigenvalue weighted by molar-refractivity contribution is -0.00129. The van der Waals surface area contributed by atoms with Gasteiger partial charge in [-0.15, -0.1) is 0 Å². The van der Waals surface area contributed by atoms with E-state index in [2.05, 4.69) is 26.9 Å². The Morgan fingerprint density at radius 1 is 1.36 bits per heavy atom. The van der Waals surface area contributed by atoms with Gasteiger partial charge in [-0.3, -0.25) is 14.8 Å². The smallest absolute Gasteiger partial charge is 0.275 e. The third kappa shape index (κ3) is 2.88. The first kappa shape index (κ1) is 16.4. The number of piperidine rings is 1. The first-order chi connectivity index (χ1) is 12.2. The molecule has 1 aromatic heterocycles. The predicted octanol–water partition coefficient (Wildman–Crippen LogP) is 2.91. The van der Waals surface area contributed by atoms with Gasteiger partial charge >= 0.3 is 0 Å². The summed E-state index contributed by atoms with van der Waals surface area (Å²) in [5.74, 6) is 0.836. The van der Waals surface area contributed by atoms with Gasteiger partial charge in [0.1, 0.15) is 5.75 Å². The Kier molecular flexibility index (Phi) is 4.37. The highest BCUT2D eigenvalue weighted by molar-refractivity contribution is 6.05. The zero-order chi connectivity index (χ0) is 17.4. The van der Waals surface area contributed by atoms with Crippen molar-refractivity contribution in [1.29, 1.82) is 0 Å². The minimum absolute atomic E-state index is 0.